The lowest BCUT2D eigenvalue weighted by Gasteiger charge is -2.01. The average molecular weight is 217 g/mol. The fraction of sp³-hybridized carbons (Fsp3) is 0.0909. The number of hydrogen-bond acceptors (Lipinski definition) is 3. The number of hydrogen-bond donors (Lipinski definition) is 2. The number of carbonyl (C=O) groups is 1. The Labute approximate surface area is 92.1 Å². The third-order valence-electron chi connectivity index (χ3n) is 2.25. The number of aromatic carboxylic acids is 1. The molecule has 5 nitrogen and oxygen atoms in total. The van der Waals surface area contributed by atoms with Crippen molar-refractivity contribution >= 4 is 5.97 Å². The summed E-state index contributed by atoms with van der Waals surface area (Å²) < 4.78 is 1.66. The Morgan fingerprint density at radius 3 is 2.56 bits per heavy atom. The first kappa shape index (κ1) is 10.4. The van der Waals surface area contributed by atoms with Gasteiger partial charge in [-0.1, -0.05) is 0 Å². The molecular formula is C11H11N3O2. The molecule has 1 aromatic heterocycles. The highest BCUT2D eigenvalue weighted by Crippen LogP contribution is 2.10. The van der Waals surface area contributed by atoms with Gasteiger partial charge < -0.3 is 10.8 Å². The number of carboxylic acid groups (broad SMARTS) is 1. The van der Waals surface area contributed by atoms with Gasteiger partial charge in [0.25, 0.3) is 0 Å². The molecule has 2 aromatic rings. The van der Waals surface area contributed by atoms with E-state index in [1.54, 1.807) is 35.1 Å². The minimum atomic E-state index is -0.935. The molecule has 0 atom stereocenters. The Balaban J connectivity index is 2.30. The molecule has 0 aliphatic rings. The molecule has 0 aliphatic carbocycles. The molecule has 0 amide bonds. The van der Waals surface area contributed by atoms with Gasteiger partial charge in [0.2, 0.25) is 0 Å². The van der Waals surface area contributed by atoms with Gasteiger partial charge in [-0.25, -0.2) is 9.48 Å². The SMILES string of the molecule is NCc1cnn(-c2ccc(C(=O)O)cc2)c1. The second-order valence-electron chi connectivity index (χ2n) is 3.35. The van der Waals surface area contributed by atoms with E-state index in [1.165, 1.54) is 0 Å². The van der Waals surface area contributed by atoms with E-state index in [0.29, 0.717) is 6.54 Å². The number of aromatic nitrogens is 2. The minimum absolute atomic E-state index is 0.259. The Hall–Kier alpha value is -2.14. The molecule has 0 radical (unpaired) electrons. The second kappa shape index (κ2) is 4.16. The van der Waals surface area contributed by atoms with E-state index in [-0.39, 0.29) is 5.56 Å². The fourth-order valence-corrected chi connectivity index (χ4v) is 1.36. The van der Waals surface area contributed by atoms with Crippen LogP contribution >= 0.6 is 0 Å². The lowest BCUT2D eigenvalue weighted by molar-refractivity contribution is 0.0697. The van der Waals surface area contributed by atoms with Crippen molar-refractivity contribution in [3.8, 4) is 5.69 Å². The molecule has 1 aromatic carbocycles. The van der Waals surface area contributed by atoms with Crippen LogP contribution in [0.15, 0.2) is 36.7 Å². The summed E-state index contributed by atoms with van der Waals surface area (Å²) in [5, 5.41) is 12.9. The molecule has 82 valence electrons. The lowest BCUT2D eigenvalue weighted by atomic mass is 10.2. The highest BCUT2D eigenvalue weighted by Gasteiger charge is 2.03. The van der Waals surface area contributed by atoms with Gasteiger partial charge in [-0.2, -0.15) is 5.10 Å². The van der Waals surface area contributed by atoms with Gasteiger partial charge in [0, 0.05) is 18.3 Å². The molecule has 0 bridgehead atoms. The molecule has 0 aliphatic heterocycles. The molecule has 3 N–H and O–H groups in total. The maximum absolute atomic E-state index is 10.7. The molecule has 5 heteroatoms. The van der Waals surface area contributed by atoms with Crippen molar-refractivity contribution in [2.24, 2.45) is 5.73 Å². The van der Waals surface area contributed by atoms with Crippen LogP contribution in [0.25, 0.3) is 5.69 Å². The quantitative estimate of drug-likeness (QED) is 0.804. The minimum Gasteiger partial charge on any atom is -0.478 e. The lowest BCUT2D eigenvalue weighted by Crippen LogP contribution is -1.98. The second-order valence-corrected chi connectivity index (χ2v) is 3.35. The van der Waals surface area contributed by atoms with Gasteiger partial charge in [0.05, 0.1) is 17.4 Å². The van der Waals surface area contributed by atoms with E-state index in [9.17, 15) is 4.79 Å². The van der Waals surface area contributed by atoms with E-state index >= 15 is 0 Å². The van der Waals surface area contributed by atoms with E-state index in [1.807, 2.05) is 6.20 Å². The van der Waals surface area contributed by atoms with Crippen LogP contribution in [0.5, 0.6) is 0 Å². The zero-order chi connectivity index (χ0) is 11.5. The molecule has 0 unspecified atom stereocenters. The zero-order valence-corrected chi connectivity index (χ0v) is 8.50. The molecule has 16 heavy (non-hydrogen) atoms. The number of rotatable bonds is 3. The van der Waals surface area contributed by atoms with Gasteiger partial charge in [-0.3, -0.25) is 0 Å². The predicted octanol–water partition coefficient (Wildman–Crippen LogP) is 1.03. The molecule has 2 rings (SSSR count). The smallest absolute Gasteiger partial charge is 0.335 e. The van der Waals surface area contributed by atoms with Gasteiger partial charge in [0.1, 0.15) is 0 Å². The number of benzene rings is 1. The monoisotopic (exact) mass is 217 g/mol. The molecule has 0 saturated carbocycles. The summed E-state index contributed by atoms with van der Waals surface area (Å²) in [5.41, 5.74) is 7.48. The van der Waals surface area contributed by atoms with Crippen LogP contribution in [0, 0.1) is 0 Å². The molecule has 0 fully saturated rings. The van der Waals surface area contributed by atoms with Crippen LogP contribution in [0.3, 0.4) is 0 Å². The zero-order valence-electron chi connectivity index (χ0n) is 8.50. The maximum Gasteiger partial charge on any atom is 0.335 e. The van der Waals surface area contributed by atoms with Crippen molar-refractivity contribution in [1.29, 1.82) is 0 Å². The Kier molecular flexibility index (Phi) is 2.70. The summed E-state index contributed by atoms with van der Waals surface area (Å²) in [6.07, 6.45) is 3.50. The van der Waals surface area contributed by atoms with Crippen molar-refractivity contribution in [1.82, 2.24) is 9.78 Å². The average Bonchev–Trinajstić information content (AvgIpc) is 2.77. The van der Waals surface area contributed by atoms with Crippen LogP contribution in [-0.4, -0.2) is 20.9 Å². The van der Waals surface area contributed by atoms with Crippen LogP contribution in [0.1, 0.15) is 15.9 Å². The van der Waals surface area contributed by atoms with E-state index in [4.69, 9.17) is 10.8 Å². The summed E-state index contributed by atoms with van der Waals surface area (Å²) in [4.78, 5) is 10.7. The Bertz CT molecular complexity index is 502. The van der Waals surface area contributed by atoms with Crippen LogP contribution in [-0.2, 0) is 6.54 Å². The van der Waals surface area contributed by atoms with E-state index in [2.05, 4.69) is 5.10 Å². The number of nitrogens with two attached hydrogens (primary N) is 1. The molecule has 0 saturated heterocycles. The van der Waals surface area contributed by atoms with Crippen LogP contribution < -0.4 is 5.73 Å². The first-order chi connectivity index (χ1) is 7.70. The standard InChI is InChI=1S/C11H11N3O2/c12-5-8-6-13-14(7-8)10-3-1-9(2-4-10)11(15)16/h1-4,6-7H,5,12H2,(H,15,16). The number of nitrogens with zero attached hydrogens (tertiary/aromatic N) is 2. The normalized spacial score (nSPS) is 10.3. The van der Waals surface area contributed by atoms with Crippen molar-refractivity contribution in [2.75, 3.05) is 0 Å². The highest BCUT2D eigenvalue weighted by atomic mass is 16.4. The fourth-order valence-electron chi connectivity index (χ4n) is 1.36. The van der Waals surface area contributed by atoms with Crippen molar-refractivity contribution in [3.63, 3.8) is 0 Å². The molecule has 1 heterocycles. The summed E-state index contributed by atoms with van der Waals surface area (Å²) in [6, 6.07) is 6.50. The summed E-state index contributed by atoms with van der Waals surface area (Å²) >= 11 is 0. The van der Waals surface area contributed by atoms with E-state index in [0.717, 1.165) is 11.3 Å². The largest absolute Gasteiger partial charge is 0.478 e. The van der Waals surface area contributed by atoms with Gasteiger partial charge in [-0.15, -0.1) is 0 Å². The van der Waals surface area contributed by atoms with Crippen LogP contribution in [0.4, 0.5) is 0 Å². The Morgan fingerprint density at radius 2 is 2.06 bits per heavy atom. The number of carboxylic acids is 1. The van der Waals surface area contributed by atoms with Crippen LogP contribution in [0.2, 0.25) is 0 Å². The van der Waals surface area contributed by atoms with E-state index < -0.39 is 5.97 Å². The maximum atomic E-state index is 10.7. The summed E-state index contributed by atoms with van der Waals surface area (Å²) in [6.45, 7) is 0.438. The van der Waals surface area contributed by atoms with Gasteiger partial charge >= 0.3 is 5.97 Å². The third-order valence-corrected chi connectivity index (χ3v) is 2.25. The first-order valence-corrected chi connectivity index (χ1v) is 4.78. The van der Waals surface area contributed by atoms with Crippen molar-refractivity contribution < 1.29 is 9.90 Å². The Morgan fingerprint density at radius 1 is 1.38 bits per heavy atom. The van der Waals surface area contributed by atoms with Gasteiger partial charge in [-0.05, 0) is 24.3 Å². The summed E-state index contributed by atoms with van der Waals surface area (Å²) in [5.74, 6) is -0.935. The molecular weight excluding hydrogens is 206 g/mol. The highest BCUT2D eigenvalue weighted by molar-refractivity contribution is 5.87. The molecule has 0 spiro atoms. The van der Waals surface area contributed by atoms with Crippen molar-refractivity contribution in [2.45, 2.75) is 6.54 Å². The predicted molar refractivity (Wildman–Crippen MR) is 58.4 cm³/mol. The summed E-state index contributed by atoms with van der Waals surface area (Å²) in [7, 11) is 0. The topological polar surface area (TPSA) is 81.1 Å². The third kappa shape index (κ3) is 1.94. The van der Waals surface area contributed by atoms with Crippen molar-refractivity contribution in [3.05, 3.63) is 47.8 Å². The van der Waals surface area contributed by atoms with Gasteiger partial charge in [0.15, 0.2) is 0 Å². The first-order valence-electron chi connectivity index (χ1n) is 4.78.